The van der Waals surface area contributed by atoms with E-state index in [0.717, 1.165) is 6.07 Å². The number of nitrogens with one attached hydrogen (secondary N) is 1. The highest BCUT2D eigenvalue weighted by Gasteiger charge is 2.28. The number of aromatic carboxylic acids is 1. The second-order valence-corrected chi connectivity index (χ2v) is 6.71. The van der Waals surface area contributed by atoms with Crippen LogP contribution in [-0.4, -0.2) is 32.1 Å². The number of nitro groups is 1. The van der Waals surface area contributed by atoms with E-state index in [4.69, 9.17) is 16.7 Å². The minimum atomic E-state index is -1.17. The number of hydrogen-bond donors (Lipinski definition) is 4. The van der Waals surface area contributed by atoms with Gasteiger partial charge in [-0.3, -0.25) is 14.9 Å². The molecule has 0 aliphatic carbocycles. The SMILES string of the molecule is O=C(O)c1cccc(NC(=O)c2sc3c([N+](=O)[O-])c(O)c(O)cc3c2Cl)c1. The van der Waals surface area contributed by atoms with E-state index in [1.165, 1.54) is 24.3 Å². The number of aromatic hydroxyl groups is 2. The van der Waals surface area contributed by atoms with Gasteiger partial charge in [-0.25, -0.2) is 4.79 Å². The number of carbonyl (C=O) groups excluding carboxylic acids is 1. The van der Waals surface area contributed by atoms with Crippen LogP contribution in [0, 0.1) is 10.1 Å². The smallest absolute Gasteiger partial charge is 0.335 e. The molecule has 138 valence electrons. The summed E-state index contributed by atoms with van der Waals surface area (Å²) in [6.07, 6.45) is 0. The van der Waals surface area contributed by atoms with Crippen LogP contribution in [-0.2, 0) is 0 Å². The topological polar surface area (TPSA) is 150 Å². The van der Waals surface area contributed by atoms with Crippen LogP contribution in [0.4, 0.5) is 11.4 Å². The van der Waals surface area contributed by atoms with Crippen molar-refractivity contribution in [2.75, 3.05) is 5.32 Å². The maximum atomic E-state index is 12.5. The van der Waals surface area contributed by atoms with Crippen molar-refractivity contribution in [1.29, 1.82) is 0 Å². The van der Waals surface area contributed by atoms with Crippen LogP contribution in [0.1, 0.15) is 20.0 Å². The minimum absolute atomic E-state index is 0.0353. The molecule has 3 rings (SSSR count). The molecule has 0 fully saturated rings. The summed E-state index contributed by atoms with van der Waals surface area (Å²) in [5, 5.41) is 42.0. The van der Waals surface area contributed by atoms with Gasteiger partial charge in [-0.05, 0) is 24.3 Å². The van der Waals surface area contributed by atoms with Crippen molar-refractivity contribution < 1.29 is 29.8 Å². The lowest BCUT2D eigenvalue weighted by molar-refractivity contribution is -0.383. The maximum absolute atomic E-state index is 12.5. The Morgan fingerprint density at radius 2 is 1.93 bits per heavy atom. The maximum Gasteiger partial charge on any atom is 0.335 e. The molecule has 4 N–H and O–H groups in total. The molecule has 0 unspecified atom stereocenters. The Bertz CT molecular complexity index is 1130. The number of nitro benzene ring substituents is 1. The number of benzene rings is 2. The van der Waals surface area contributed by atoms with Gasteiger partial charge in [0.15, 0.2) is 5.75 Å². The van der Waals surface area contributed by atoms with Crippen LogP contribution in [0.25, 0.3) is 10.1 Å². The molecule has 9 nitrogen and oxygen atoms in total. The molecule has 1 heterocycles. The third-order valence-corrected chi connectivity index (χ3v) is 5.32. The summed E-state index contributed by atoms with van der Waals surface area (Å²) in [6.45, 7) is 0. The lowest BCUT2D eigenvalue weighted by atomic mass is 10.2. The molecule has 0 aliphatic rings. The molecule has 0 saturated heterocycles. The van der Waals surface area contributed by atoms with Gasteiger partial charge in [0.25, 0.3) is 5.91 Å². The fourth-order valence-electron chi connectivity index (χ4n) is 2.40. The van der Waals surface area contributed by atoms with Gasteiger partial charge in [-0.2, -0.15) is 0 Å². The molecule has 0 atom stereocenters. The number of fused-ring (bicyclic) bond motifs is 1. The van der Waals surface area contributed by atoms with Gasteiger partial charge in [0.05, 0.1) is 15.5 Å². The van der Waals surface area contributed by atoms with Crippen LogP contribution in [0.3, 0.4) is 0 Å². The monoisotopic (exact) mass is 408 g/mol. The van der Waals surface area contributed by atoms with E-state index < -0.39 is 34.0 Å². The van der Waals surface area contributed by atoms with Crippen molar-refractivity contribution in [2.24, 2.45) is 0 Å². The van der Waals surface area contributed by atoms with Gasteiger partial charge in [0.2, 0.25) is 5.75 Å². The van der Waals surface area contributed by atoms with Gasteiger partial charge in [0.1, 0.15) is 9.58 Å². The highest BCUT2D eigenvalue weighted by Crippen LogP contribution is 2.48. The van der Waals surface area contributed by atoms with E-state index in [0.29, 0.717) is 11.3 Å². The molecule has 3 aromatic rings. The summed E-state index contributed by atoms with van der Waals surface area (Å²) in [5.41, 5.74) is -0.613. The van der Waals surface area contributed by atoms with Crippen molar-refractivity contribution in [3.63, 3.8) is 0 Å². The summed E-state index contributed by atoms with van der Waals surface area (Å²) in [5.74, 6) is -3.56. The highest BCUT2D eigenvalue weighted by molar-refractivity contribution is 7.22. The number of phenolic OH excluding ortho intramolecular Hbond substituents is 2. The summed E-state index contributed by atoms with van der Waals surface area (Å²) in [4.78, 5) is 33.7. The zero-order valence-corrected chi connectivity index (χ0v) is 14.7. The number of rotatable bonds is 4. The Morgan fingerprint density at radius 3 is 2.56 bits per heavy atom. The summed E-state index contributed by atoms with van der Waals surface area (Å²) in [7, 11) is 0. The van der Waals surface area contributed by atoms with E-state index in [1.54, 1.807) is 0 Å². The number of carboxylic acids is 1. The molecule has 11 heteroatoms. The molecule has 27 heavy (non-hydrogen) atoms. The van der Waals surface area contributed by atoms with Crippen molar-refractivity contribution in [3.8, 4) is 11.5 Å². The fourth-order valence-corrected chi connectivity index (χ4v) is 3.89. The fraction of sp³-hybridized carbons (Fsp3) is 0. The third kappa shape index (κ3) is 3.23. The van der Waals surface area contributed by atoms with Crippen molar-refractivity contribution in [3.05, 3.63) is 55.9 Å². The van der Waals surface area contributed by atoms with E-state index in [2.05, 4.69) is 5.32 Å². The first-order valence-corrected chi connectivity index (χ1v) is 8.36. The van der Waals surface area contributed by atoms with Crippen molar-refractivity contribution in [2.45, 2.75) is 0 Å². The van der Waals surface area contributed by atoms with Crippen molar-refractivity contribution >= 4 is 56.3 Å². The zero-order valence-electron chi connectivity index (χ0n) is 13.1. The Hall–Kier alpha value is -3.37. The molecule has 0 spiro atoms. The van der Waals surface area contributed by atoms with Gasteiger partial charge in [-0.15, -0.1) is 11.3 Å². The number of amides is 1. The Labute approximate surface area is 159 Å². The number of anilines is 1. The first-order chi connectivity index (χ1) is 12.7. The van der Waals surface area contributed by atoms with Crippen LogP contribution in [0.2, 0.25) is 5.02 Å². The molecule has 1 amide bonds. The van der Waals surface area contributed by atoms with Crippen LogP contribution in [0.15, 0.2) is 30.3 Å². The average Bonchev–Trinajstić information content (AvgIpc) is 2.92. The van der Waals surface area contributed by atoms with Crippen LogP contribution in [0.5, 0.6) is 11.5 Å². The first-order valence-electron chi connectivity index (χ1n) is 7.16. The van der Waals surface area contributed by atoms with E-state index in [-0.39, 0.29) is 31.2 Å². The van der Waals surface area contributed by atoms with E-state index in [9.17, 15) is 29.9 Å². The van der Waals surface area contributed by atoms with Gasteiger partial charge in [0, 0.05) is 11.1 Å². The number of carboxylic acid groups (broad SMARTS) is 1. The van der Waals surface area contributed by atoms with Crippen molar-refractivity contribution in [1.82, 2.24) is 0 Å². The number of halogens is 1. The largest absolute Gasteiger partial charge is 0.504 e. The first kappa shape index (κ1) is 18.4. The molecule has 0 aliphatic heterocycles. The lowest BCUT2D eigenvalue weighted by Gasteiger charge is -2.05. The van der Waals surface area contributed by atoms with Gasteiger partial charge < -0.3 is 20.6 Å². The highest BCUT2D eigenvalue weighted by atomic mass is 35.5. The quantitative estimate of drug-likeness (QED) is 0.291. The predicted octanol–water partition coefficient (Wildman–Crippen LogP) is 3.82. The zero-order chi connectivity index (χ0) is 19.9. The second-order valence-electron chi connectivity index (χ2n) is 5.31. The molecule has 1 aromatic heterocycles. The number of hydrogen-bond acceptors (Lipinski definition) is 7. The van der Waals surface area contributed by atoms with Gasteiger partial charge in [-0.1, -0.05) is 17.7 Å². The Morgan fingerprint density at radius 1 is 1.22 bits per heavy atom. The molecule has 0 saturated carbocycles. The number of phenols is 2. The normalized spacial score (nSPS) is 10.7. The molecule has 0 bridgehead atoms. The summed E-state index contributed by atoms with van der Waals surface area (Å²) < 4.78 is -0.0789. The number of carbonyl (C=O) groups is 2. The Kier molecular flexibility index (Phi) is 4.60. The third-order valence-electron chi connectivity index (χ3n) is 3.60. The molecular weight excluding hydrogens is 400 g/mol. The predicted molar refractivity (Wildman–Crippen MR) is 98.2 cm³/mol. The molecule has 0 radical (unpaired) electrons. The van der Waals surface area contributed by atoms with Crippen LogP contribution < -0.4 is 5.32 Å². The lowest BCUT2D eigenvalue weighted by Crippen LogP contribution is -2.11. The second kappa shape index (κ2) is 6.74. The van der Waals surface area contributed by atoms with Gasteiger partial charge >= 0.3 is 11.7 Å². The Balaban J connectivity index is 2.07. The molecule has 2 aromatic carbocycles. The summed E-state index contributed by atoms with van der Waals surface area (Å²) >= 11 is 6.81. The number of nitrogens with zero attached hydrogens (tertiary/aromatic N) is 1. The standard InChI is InChI=1S/C16H9ClN2O7S/c17-10-8-5-9(20)12(21)11(19(25)26)13(8)27-14(10)15(22)18-7-3-1-2-6(4-7)16(23)24/h1-5,20-21H,(H,18,22)(H,23,24). The minimum Gasteiger partial charge on any atom is -0.504 e. The number of thiophene rings is 1. The van der Waals surface area contributed by atoms with E-state index >= 15 is 0 Å². The summed E-state index contributed by atoms with van der Waals surface area (Å²) in [6, 6.07) is 6.51. The van der Waals surface area contributed by atoms with E-state index in [1.807, 2.05) is 0 Å². The van der Waals surface area contributed by atoms with Crippen LogP contribution >= 0.6 is 22.9 Å². The average molecular weight is 409 g/mol. The molecular formula is C16H9ClN2O7S.